The van der Waals surface area contributed by atoms with Crippen molar-refractivity contribution in [3.63, 3.8) is 0 Å². The minimum Gasteiger partial charge on any atom is -0.477 e. The van der Waals surface area contributed by atoms with E-state index in [2.05, 4.69) is 31.1 Å². The number of anilines is 1. The molecule has 0 bridgehead atoms. The molecule has 0 fully saturated rings. The van der Waals surface area contributed by atoms with Gasteiger partial charge in [-0.1, -0.05) is 51.4 Å². The van der Waals surface area contributed by atoms with Gasteiger partial charge in [-0.3, -0.25) is 0 Å². The Kier molecular flexibility index (Phi) is 5.59. The van der Waals surface area contributed by atoms with Crippen molar-refractivity contribution in [3.05, 3.63) is 11.1 Å². The number of hydrogen-bond acceptors (Lipinski definition) is 4. The van der Waals surface area contributed by atoms with Gasteiger partial charge in [-0.25, -0.2) is 9.78 Å². The molecule has 0 saturated carbocycles. The lowest BCUT2D eigenvalue weighted by Crippen LogP contribution is -2.22. The van der Waals surface area contributed by atoms with Crippen LogP contribution in [-0.4, -0.2) is 22.6 Å². The van der Waals surface area contributed by atoms with Crippen LogP contribution >= 0.6 is 11.3 Å². The van der Waals surface area contributed by atoms with Crippen LogP contribution in [0, 0.1) is 5.41 Å². The highest BCUT2D eigenvalue weighted by Crippen LogP contribution is 2.25. The highest BCUT2D eigenvalue weighted by Gasteiger charge is 2.18. The molecule has 0 aromatic carbocycles. The van der Waals surface area contributed by atoms with E-state index in [1.165, 1.54) is 43.2 Å². The van der Waals surface area contributed by atoms with Crippen molar-refractivity contribution in [1.29, 1.82) is 0 Å². The zero-order valence-electron chi connectivity index (χ0n) is 11.3. The largest absolute Gasteiger partial charge is 0.477 e. The highest BCUT2D eigenvalue weighted by atomic mass is 32.1. The second-order valence-corrected chi connectivity index (χ2v) is 6.34. The summed E-state index contributed by atoms with van der Waals surface area (Å²) in [6.07, 6.45) is 6.32. The number of unbranched alkanes of at least 4 members (excludes halogenated alkanes) is 2. The molecule has 0 spiro atoms. The van der Waals surface area contributed by atoms with E-state index in [1.807, 2.05) is 0 Å². The molecule has 18 heavy (non-hydrogen) atoms. The minimum atomic E-state index is -0.914. The van der Waals surface area contributed by atoms with Crippen LogP contribution in [0.2, 0.25) is 0 Å². The second-order valence-electron chi connectivity index (χ2n) is 5.31. The third-order valence-electron chi connectivity index (χ3n) is 2.89. The molecule has 102 valence electrons. The van der Waals surface area contributed by atoms with E-state index < -0.39 is 5.97 Å². The molecule has 1 heterocycles. The summed E-state index contributed by atoms with van der Waals surface area (Å²) in [6, 6.07) is 0. The first-order chi connectivity index (χ1) is 8.44. The third kappa shape index (κ3) is 5.04. The molecule has 1 rings (SSSR count). The van der Waals surface area contributed by atoms with Crippen LogP contribution in [0.3, 0.4) is 0 Å². The van der Waals surface area contributed by atoms with E-state index in [0.717, 1.165) is 6.54 Å². The molecular formula is C13H22N2O2S. The molecule has 0 aliphatic rings. The van der Waals surface area contributed by atoms with Crippen molar-refractivity contribution < 1.29 is 9.90 Å². The summed E-state index contributed by atoms with van der Waals surface area (Å²) >= 11 is 1.19. The predicted molar refractivity (Wildman–Crippen MR) is 75.5 cm³/mol. The van der Waals surface area contributed by atoms with Gasteiger partial charge in [0.05, 0.1) is 6.20 Å². The monoisotopic (exact) mass is 270 g/mol. The number of rotatable bonds is 8. The van der Waals surface area contributed by atoms with Crippen LogP contribution in [0.15, 0.2) is 6.20 Å². The van der Waals surface area contributed by atoms with Crippen LogP contribution in [0.25, 0.3) is 0 Å². The van der Waals surface area contributed by atoms with Gasteiger partial charge in [0.15, 0.2) is 5.13 Å². The third-order valence-corrected chi connectivity index (χ3v) is 3.83. The van der Waals surface area contributed by atoms with Crippen LogP contribution in [0.4, 0.5) is 5.13 Å². The molecular weight excluding hydrogens is 248 g/mol. The molecule has 0 aliphatic carbocycles. The highest BCUT2D eigenvalue weighted by molar-refractivity contribution is 7.17. The molecule has 0 unspecified atom stereocenters. The first kappa shape index (κ1) is 15.0. The standard InChI is InChI=1S/C13H22N2O2S/c1-4-5-6-7-13(2,3)9-15-12-14-8-10(18-12)11(16)17/h8H,4-7,9H2,1-3H3,(H,14,15)(H,16,17). The Balaban J connectivity index is 2.40. The topological polar surface area (TPSA) is 62.2 Å². The van der Waals surface area contributed by atoms with Gasteiger partial charge < -0.3 is 10.4 Å². The molecule has 1 aromatic heterocycles. The van der Waals surface area contributed by atoms with Gasteiger partial charge in [0.1, 0.15) is 4.88 Å². The van der Waals surface area contributed by atoms with Crippen LogP contribution in [0.1, 0.15) is 56.1 Å². The van der Waals surface area contributed by atoms with Gasteiger partial charge in [0.2, 0.25) is 0 Å². The summed E-state index contributed by atoms with van der Waals surface area (Å²) in [5.74, 6) is -0.914. The first-order valence-corrected chi connectivity index (χ1v) is 7.19. The van der Waals surface area contributed by atoms with Crippen molar-refractivity contribution in [2.24, 2.45) is 5.41 Å². The number of nitrogens with zero attached hydrogens (tertiary/aromatic N) is 1. The molecule has 1 aromatic rings. The number of aromatic nitrogens is 1. The SMILES string of the molecule is CCCCCC(C)(C)CNc1ncc(C(=O)O)s1. The van der Waals surface area contributed by atoms with E-state index in [1.54, 1.807) is 0 Å². The fourth-order valence-corrected chi connectivity index (χ4v) is 2.36. The molecule has 2 N–H and O–H groups in total. The number of aromatic carboxylic acids is 1. The maximum absolute atomic E-state index is 10.7. The Labute approximate surface area is 112 Å². The van der Waals surface area contributed by atoms with E-state index in [-0.39, 0.29) is 10.3 Å². The van der Waals surface area contributed by atoms with E-state index in [4.69, 9.17) is 5.11 Å². The number of nitrogens with one attached hydrogen (secondary N) is 1. The van der Waals surface area contributed by atoms with Crippen LogP contribution in [0.5, 0.6) is 0 Å². The van der Waals surface area contributed by atoms with Gasteiger partial charge in [0, 0.05) is 6.54 Å². The van der Waals surface area contributed by atoms with Crippen molar-refractivity contribution in [1.82, 2.24) is 4.98 Å². The lowest BCUT2D eigenvalue weighted by atomic mass is 9.87. The smallest absolute Gasteiger partial charge is 0.347 e. The zero-order valence-corrected chi connectivity index (χ0v) is 12.1. The van der Waals surface area contributed by atoms with Crippen molar-refractivity contribution in [2.75, 3.05) is 11.9 Å². The Bertz CT molecular complexity index is 388. The number of carbonyl (C=O) groups is 1. The Morgan fingerprint density at radius 1 is 1.50 bits per heavy atom. The number of hydrogen-bond donors (Lipinski definition) is 2. The first-order valence-electron chi connectivity index (χ1n) is 6.37. The maximum atomic E-state index is 10.7. The fraction of sp³-hybridized carbons (Fsp3) is 0.692. The number of carboxylic acid groups (broad SMARTS) is 1. The van der Waals surface area contributed by atoms with Gasteiger partial charge in [0.25, 0.3) is 0 Å². The van der Waals surface area contributed by atoms with Crippen molar-refractivity contribution in [2.45, 2.75) is 46.5 Å². The quantitative estimate of drug-likeness (QED) is 0.704. The number of thiazole rings is 1. The van der Waals surface area contributed by atoms with Crippen molar-refractivity contribution >= 4 is 22.4 Å². The van der Waals surface area contributed by atoms with E-state index in [9.17, 15) is 4.79 Å². The van der Waals surface area contributed by atoms with Gasteiger partial charge >= 0.3 is 5.97 Å². The van der Waals surface area contributed by atoms with Crippen LogP contribution < -0.4 is 5.32 Å². The Morgan fingerprint density at radius 3 is 2.78 bits per heavy atom. The van der Waals surface area contributed by atoms with Gasteiger partial charge in [-0.15, -0.1) is 0 Å². The molecule has 5 heteroatoms. The predicted octanol–water partition coefficient (Wildman–Crippen LogP) is 3.86. The maximum Gasteiger partial charge on any atom is 0.347 e. The normalized spacial score (nSPS) is 11.5. The molecule has 0 radical (unpaired) electrons. The van der Waals surface area contributed by atoms with Crippen LogP contribution in [-0.2, 0) is 0 Å². The van der Waals surface area contributed by atoms with Gasteiger partial charge in [-0.05, 0) is 11.8 Å². The fourth-order valence-electron chi connectivity index (χ4n) is 1.71. The number of carboxylic acids is 1. The van der Waals surface area contributed by atoms with E-state index >= 15 is 0 Å². The Morgan fingerprint density at radius 2 is 2.22 bits per heavy atom. The molecule has 0 saturated heterocycles. The minimum absolute atomic E-state index is 0.213. The summed E-state index contributed by atoms with van der Waals surface area (Å²) in [7, 11) is 0. The summed E-state index contributed by atoms with van der Waals surface area (Å²) in [5.41, 5.74) is 0.213. The molecule has 0 aliphatic heterocycles. The lowest BCUT2D eigenvalue weighted by molar-refractivity contribution is 0.0702. The summed E-state index contributed by atoms with van der Waals surface area (Å²) in [6.45, 7) is 7.47. The molecule has 0 atom stereocenters. The van der Waals surface area contributed by atoms with Crippen molar-refractivity contribution in [3.8, 4) is 0 Å². The summed E-state index contributed by atoms with van der Waals surface area (Å²) in [4.78, 5) is 15.1. The Hall–Kier alpha value is -1.10. The lowest BCUT2D eigenvalue weighted by Gasteiger charge is -2.24. The van der Waals surface area contributed by atoms with Gasteiger partial charge in [-0.2, -0.15) is 0 Å². The summed E-state index contributed by atoms with van der Waals surface area (Å²) in [5, 5.41) is 12.7. The second kappa shape index (κ2) is 6.73. The zero-order chi connectivity index (χ0) is 13.6. The average molecular weight is 270 g/mol. The molecule has 0 amide bonds. The molecule has 4 nitrogen and oxygen atoms in total. The summed E-state index contributed by atoms with van der Waals surface area (Å²) < 4.78 is 0. The average Bonchev–Trinajstić information content (AvgIpc) is 2.75. The van der Waals surface area contributed by atoms with E-state index in [0.29, 0.717) is 5.13 Å².